The zero-order valence-corrected chi connectivity index (χ0v) is 11.1. The third kappa shape index (κ3) is 3.54. The largest absolute Gasteiger partial charge is 0.444 e. The minimum atomic E-state index is -0.536. The lowest BCUT2D eigenvalue weighted by Gasteiger charge is -2.20. The fraction of sp³-hybridized carbons (Fsp3) is 0.308. The van der Waals surface area contributed by atoms with Crippen LogP contribution in [0.15, 0.2) is 31.0 Å². The highest BCUT2D eigenvalue weighted by Gasteiger charge is 2.17. The summed E-state index contributed by atoms with van der Waals surface area (Å²) >= 11 is 0. The van der Waals surface area contributed by atoms with E-state index in [-0.39, 0.29) is 0 Å². The fourth-order valence-electron chi connectivity index (χ4n) is 1.53. The molecule has 1 amide bonds. The number of H-pyrrole nitrogens is 1. The molecule has 2 aromatic heterocycles. The molecule has 0 aromatic carbocycles. The SMILES string of the molecule is CC(C)(C)OC(=O)Nc1ccncc1-c1cnc[nH]1. The van der Waals surface area contributed by atoms with E-state index >= 15 is 0 Å². The van der Waals surface area contributed by atoms with E-state index in [1.165, 1.54) is 0 Å². The van der Waals surface area contributed by atoms with Gasteiger partial charge in [-0.25, -0.2) is 9.78 Å². The number of hydrogen-bond donors (Lipinski definition) is 2. The van der Waals surface area contributed by atoms with Crippen LogP contribution in [0.1, 0.15) is 20.8 Å². The number of hydrogen-bond acceptors (Lipinski definition) is 4. The number of aromatic amines is 1. The Bertz CT molecular complexity index is 558. The van der Waals surface area contributed by atoms with Gasteiger partial charge in [0.1, 0.15) is 5.60 Å². The van der Waals surface area contributed by atoms with Crippen LogP contribution in [0, 0.1) is 0 Å². The zero-order valence-electron chi connectivity index (χ0n) is 11.1. The Balaban J connectivity index is 2.20. The van der Waals surface area contributed by atoms with Gasteiger partial charge in [-0.05, 0) is 26.8 Å². The molecule has 0 saturated carbocycles. The van der Waals surface area contributed by atoms with Crippen molar-refractivity contribution >= 4 is 11.8 Å². The van der Waals surface area contributed by atoms with Crippen LogP contribution in [0.3, 0.4) is 0 Å². The summed E-state index contributed by atoms with van der Waals surface area (Å²) in [6.45, 7) is 5.44. The lowest BCUT2D eigenvalue weighted by Crippen LogP contribution is -2.27. The van der Waals surface area contributed by atoms with Gasteiger partial charge in [0.05, 0.1) is 23.9 Å². The van der Waals surface area contributed by atoms with Gasteiger partial charge in [0.2, 0.25) is 0 Å². The van der Waals surface area contributed by atoms with Gasteiger partial charge in [-0.2, -0.15) is 0 Å². The van der Waals surface area contributed by atoms with E-state index in [4.69, 9.17) is 4.74 Å². The van der Waals surface area contributed by atoms with Crippen molar-refractivity contribution in [2.24, 2.45) is 0 Å². The Kier molecular flexibility index (Phi) is 3.50. The number of amides is 1. The Morgan fingerprint density at radius 1 is 1.32 bits per heavy atom. The fourth-order valence-corrected chi connectivity index (χ4v) is 1.53. The van der Waals surface area contributed by atoms with Crippen LogP contribution in [-0.2, 0) is 4.74 Å². The Morgan fingerprint density at radius 2 is 2.11 bits per heavy atom. The van der Waals surface area contributed by atoms with E-state index in [1.54, 1.807) is 31.0 Å². The van der Waals surface area contributed by atoms with Gasteiger partial charge in [-0.1, -0.05) is 0 Å². The molecule has 0 aliphatic rings. The van der Waals surface area contributed by atoms with E-state index in [0.29, 0.717) is 5.69 Å². The predicted octanol–water partition coefficient (Wildman–Crippen LogP) is 2.82. The molecule has 6 nitrogen and oxygen atoms in total. The number of imidazole rings is 1. The van der Waals surface area contributed by atoms with E-state index < -0.39 is 11.7 Å². The average molecular weight is 260 g/mol. The van der Waals surface area contributed by atoms with Gasteiger partial charge in [0.15, 0.2) is 0 Å². The molecule has 6 heteroatoms. The quantitative estimate of drug-likeness (QED) is 0.870. The van der Waals surface area contributed by atoms with E-state index in [0.717, 1.165) is 11.3 Å². The topological polar surface area (TPSA) is 79.9 Å². The molecule has 2 aromatic rings. The van der Waals surface area contributed by atoms with Crippen molar-refractivity contribution in [1.82, 2.24) is 15.0 Å². The number of pyridine rings is 1. The van der Waals surface area contributed by atoms with Gasteiger partial charge in [0.25, 0.3) is 0 Å². The normalized spacial score (nSPS) is 11.1. The Morgan fingerprint density at radius 3 is 2.74 bits per heavy atom. The molecular weight excluding hydrogens is 244 g/mol. The van der Waals surface area contributed by atoms with Gasteiger partial charge in [-0.15, -0.1) is 0 Å². The first-order valence-electron chi connectivity index (χ1n) is 5.88. The van der Waals surface area contributed by atoms with Crippen LogP contribution in [0.2, 0.25) is 0 Å². The molecule has 0 saturated heterocycles. The minimum Gasteiger partial charge on any atom is -0.444 e. The molecule has 2 heterocycles. The predicted molar refractivity (Wildman–Crippen MR) is 71.7 cm³/mol. The maximum atomic E-state index is 11.8. The van der Waals surface area contributed by atoms with Crippen molar-refractivity contribution in [3.63, 3.8) is 0 Å². The minimum absolute atomic E-state index is 0.500. The highest BCUT2D eigenvalue weighted by atomic mass is 16.6. The third-order valence-corrected chi connectivity index (χ3v) is 2.25. The second kappa shape index (κ2) is 5.09. The number of carbonyl (C=O) groups is 1. The number of rotatable bonds is 2. The van der Waals surface area contributed by atoms with E-state index in [1.807, 2.05) is 20.8 Å². The monoisotopic (exact) mass is 260 g/mol. The Labute approximate surface area is 111 Å². The molecule has 0 radical (unpaired) electrons. The smallest absolute Gasteiger partial charge is 0.412 e. The molecule has 0 aliphatic carbocycles. The zero-order chi connectivity index (χ0) is 13.9. The molecular formula is C13H16N4O2. The van der Waals surface area contributed by atoms with Crippen molar-refractivity contribution in [3.05, 3.63) is 31.0 Å². The van der Waals surface area contributed by atoms with Crippen molar-refractivity contribution in [2.75, 3.05) is 5.32 Å². The number of ether oxygens (including phenoxy) is 1. The first-order chi connectivity index (χ1) is 8.96. The number of nitrogens with zero attached hydrogens (tertiary/aromatic N) is 2. The number of nitrogens with one attached hydrogen (secondary N) is 2. The molecule has 0 fully saturated rings. The molecule has 0 unspecified atom stereocenters. The first-order valence-corrected chi connectivity index (χ1v) is 5.88. The molecule has 0 atom stereocenters. The van der Waals surface area contributed by atoms with Gasteiger partial charge in [-0.3, -0.25) is 10.3 Å². The van der Waals surface area contributed by atoms with Gasteiger partial charge in [0, 0.05) is 18.0 Å². The van der Waals surface area contributed by atoms with Crippen LogP contribution in [0.5, 0.6) is 0 Å². The molecule has 2 N–H and O–H groups in total. The number of anilines is 1. The lowest BCUT2D eigenvalue weighted by atomic mass is 10.2. The summed E-state index contributed by atoms with van der Waals surface area (Å²) in [7, 11) is 0. The second-order valence-corrected chi connectivity index (χ2v) is 5.01. The maximum absolute atomic E-state index is 11.8. The van der Waals surface area contributed by atoms with Crippen molar-refractivity contribution in [1.29, 1.82) is 0 Å². The molecule has 19 heavy (non-hydrogen) atoms. The summed E-state index contributed by atoms with van der Waals surface area (Å²) in [5.41, 5.74) is 1.61. The van der Waals surface area contributed by atoms with Crippen LogP contribution < -0.4 is 5.32 Å². The summed E-state index contributed by atoms with van der Waals surface area (Å²) in [5, 5.41) is 2.71. The van der Waals surface area contributed by atoms with Crippen LogP contribution >= 0.6 is 0 Å². The summed E-state index contributed by atoms with van der Waals surface area (Å²) in [6, 6.07) is 1.71. The summed E-state index contributed by atoms with van der Waals surface area (Å²) in [4.78, 5) is 22.7. The number of aromatic nitrogens is 3. The van der Waals surface area contributed by atoms with Gasteiger partial charge < -0.3 is 9.72 Å². The van der Waals surface area contributed by atoms with E-state index in [2.05, 4.69) is 20.3 Å². The molecule has 0 bridgehead atoms. The summed E-state index contributed by atoms with van der Waals surface area (Å²) in [5.74, 6) is 0. The maximum Gasteiger partial charge on any atom is 0.412 e. The van der Waals surface area contributed by atoms with Crippen LogP contribution in [0.25, 0.3) is 11.3 Å². The van der Waals surface area contributed by atoms with Gasteiger partial charge >= 0.3 is 6.09 Å². The van der Waals surface area contributed by atoms with Crippen molar-refractivity contribution < 1.29 is 9.53 Å². The molecule has 100 valence electrons. The summed E-state index contributed by atoms with van der Waals surface area (Å²) in [6.07, 6.45) is 5.99. The third-order valence-electron chi connectivity index (χ3n) is 2.25. The molecule has 2 rings (SSSR count). The highest BCUT2D eigenvalue weighted by molar-refractivity contribution is 5.90. The molecule has 0 spiro atoms. The van der Waals surface area contributed by atoms with Crippen molar-refractivity contribution in [3.8, 4) is 11.3 Å². The standard InChI is InChI=1S/C13H16N4O2/c1-13(2,3)19-12(18)17-10-4-5-14-6-9(10)11-7-15-8-16-11/h4-8H,1-3H3,(H,15,16)(H,14,17,18). The van der Waals surface area contributed by atoms with Crippen LogP contribution in [0.4, 0.5) is 10.5 Å². The Hall–Kier alpha value is -2.37. The summed E-state index contributed by atoms with van der Waals surface area (Å²) < 4.78 is 5.22. The van der Waals surface area contributed by atoms with Crippen LogP contribution in [-0.4, -0.2) is 26.6 Å². The molecule has 0 aliphatic heterocycles. The van der Waals surface area contributed by atoms with E-state index in [9.17, 15) is 4.79 Å². The lowest BCUT2D eigenvalue weighted by molar-refractivity contribution is 0.0636. The number of carbonyl (C=O) groups excluding carboxylic acids is 1. The average Bonchev–Trinajstić information content (AvgIpc) is 2.80. The second-order valence-electron chi connectivity index (χ2n) is 5.01. The first kappa shape index (κ1) is 13.1. The highest BCUT2D eigenvalue weighted by Crippen LogP contribution is 2.25. The van der Waals surface area contributed by atoms with Crippen molar-refractivity contribution in [2.45, 2.75) is 26.4 Å².